The number of nitrogens with zero attached hydrogens (tertiary/aromatic N) is 2. The Hall–Kier alpha value is -4.13. The van der Waals surface area contributed by atoms with E-state index in [1.165, 1.54) is 0 Å². The Kier molecular flexibility index (Phi) is 5.89. The summed E-state index contributed by atoms with van der Waals surface area (Å²) in [4.78, 5) is 39.5. The van der Waals surface area contributed by atoms with Crippen LogP contribution in [0.15, 0.2) is 91.0 Å². The SMILES string of the molecule is CC1(c2ccccc2)NC(=O)N(CC(=O)NN(Cc2ccccc2)c2ccccc2)C1=O. The molecule has 0 saturated carbocycles. The van der Waals surface area contributed by atoms with Crippen molar-refractivity contribution in [1.29, 1.82) is 0 Å². The van der Waals surface area contributed by atoms with Crippen LogP contribution in [0.2, 0.25) is 0 Å². The van der Waals surface area contributed by atoms with E-state index in [1.807, 2.05) is 66.7 Å². The third kappa shape index (κ3) is 4.32. The molecule has 162 valence electrons. The van der Waals surface area contributed by atoms with Gasteiger partial charge in [-0.05, 0) is 30.2 Å². The average Bonchev–Trinajstić information content (AvgIpc) is 3.04. The fraction of sp³-hybridized carbons (Fsp3) is 0.160. The molecule has 0 aliphatic carbocycles. The minimum absolute atomic E-state index is 0.384. The van der Waals surface area contributed by atoms with Crippen LogP contribution in [-0.4, -0.2) is 29.3 Å². The van der Waals surface area contributed by atoms with Gasteiger partial charge in [-0.1, -0.05) is 78.9 Å². The van der Waals surface area contributed by atoms with Crippen LogP contribution in [-0.2, 0) is 21.7 Å². The van der Waals surface area contributed by atoms with Gasteiger partial charge in [0.15, 0.2) is 0 Å². The number of carbonyl (C=O) groups excluding carboxylic acids is 3. The Morgan fingerprint density at radius 2 is 1.47 bits per heavy atom. The van der Waals surface area contributed by atoms with E-state index < -0.39 is 23.4 Å². The molecule has 3 aromatic carbocycles. The molecule has 4 rings (SSSR count). The van der Waals surface area contributed by atoms with E-state index in [0.717, 1.165) is 16.2 Å². The summed E-state index contributed by atoms with van der Waals surface area (Å²) in [5, 5.41) is 4.42. The first-order valence-corrected chi connectivity index (χ1v) is 10.3. The molecular formula is C25H24N4O3. The van der Waals surface area contributed by atoms with Gasteiger partial charge in [0.05, 0.1) is 12.2 Å². The lowest BCUT2D eigenvalue weighted by atomic mass is 9.92. The van der Waals surface area contributed by atoms with Crippen molar-refractivity contribution in [3.63, 3.8) is 0 Å². The highest BCUT2D eigenvalue weighted by atomic mass is 16.2. The van der Waals surface area contributed by atoms with Gasteiger partial charge in [0, 0.05) is 0 Å². The monoisotopic (exact) mass is 428 g/mol. The second-order valence-corrected chi connectivity index (χ2v) is 7.75. The minimum atomic E-state index is -1.21. The number of carbonyl (C=O) groups is 3. The first-order chi connectivity index (χ1) is 15.5. The minimum Gasteiger partial charge on any atom is -0.319 e. The summed E-state index contributed by atoms with van der Waals surface area (Å²) in [7, 11) is 0. The molecule has 32 heavy (non-hydrogen) atoms. The van der Waals surface area contributed by atoms with Crippen molar-refractivity contribution in [3.8, 4) is 0 Å². The van der Waals surface area contributed by atoms with Crippen LogP contribution in [0.5, 0.6) is 0 Å². The van der Waals surface area contributed by atoms with E-state index >= 15 is 0 Å². The number of urea groups is 1. The van der Waals surface area contributed by atoms with Crippen LogP contribution >= 0.6 is 0 Å². The predicted octanol–water partition coefficient (Wildman–Crippen LogP) is 3.19. The number of hydrogen-bond donors (Lipinski definition) is 2. The second-order valence-electron chi connectivity index (χ2n) is 7.75. The number of rotatable bonds is 7. The Labute approximate surface area is 186 Å². The highest BCUT2D eigenvalue weighted by molar-refractivity contribution is 6.09. The number of amides is 4. The molecule has 4 amide bonds. The summed E-state index contributed by atoms with van der Waals surface area (Å²) >= 11 is 0. The van der Waals surface area contributed by atoms with Gasteiger partial charge in [0.2, 0.25) is 0 Å². The maximum atomic E-state index is 13.1. The van der Waals surface area contributed by atoms with Crippen molar-refractivity contribution in [3.05, 3.63) is 102 Å². The van der Waals surface area contributed by atoms with Crippen LogP contribution in [0.3, 0.4) is 0 Å². The lowest BCUT2D eigenvalue weighted by molar-refractivity contribution is -0.134. The van der Waals surface area contributed by atoms with Gasteiger partial charge in [-0.15, -0.1) is 0 Å². The van der Waals surface area contributed by atoms with E-state index in [1.54, 1.807) is 36.2 Å². The lowest BCUT2D eigenvalue weighted by Gasteiger charge is -2.26. The Morgan fingerprint density at radius 3 is 2.09 bits per heavy atom. The molecule has 1 atom stereocenters. The first kappa shape index (κ1) is 21.1. The topological polar surface area (TPSA) is 81.8 Å². The van der Waals surface area contributed by atoms with E-state index in [2.05, 4.69) is 10.7 Å². The fourth-order valence-electron chi connectivity index (χ4n) is 3.71. The summed E-state index contributed by atoms with van der Waals surface area (Å²) in [5.41, 5.74) is 4.09. The Morgan fingerprint density at radius 1 is 0.906 bits per heavy atom. The molecule has 1 heterocycles. The largest absolute Gasteiger partial charge is 0.325 e. The normalized spacial score (nSPS) is 17.7. The van der Waals surface area contributed by atoms with Gasteiger partial charge < -0.3 is 5.32 Å². The standard InChI is InChI=1S/C25H24N4O3/c1-25(20-13-7-3-8-14-20)23(31)28(24(32)26-25)18-22(30)27-29(21-15-9-4-10-16-21)17-19-11-5-2-6-12-19/h2-16H,17-18H2,1H3,(H,26,32)(H,27,30). The van der Waals surface area contributed by atoms with Gasteiger partial charge >= 0.3 is 6.03 Å². The van der Waals surface area contributed by atoms with Gasteiger partial charge in [-0.3, -0.25) is 24.9 Å². The van der Waals surface area contributed by atoms with Gasteiger partial charge in [-0.25, -0.2) is 4.79 Å². The van der Waals surface area contributed by atoms with E-state index in [4.69, 9.17) is 0 Å². The zero-order valence-electron chi connectivity index (χ0n) is 17.7. The quantitative estimate of drug-likeness (QED) is 0.447. The molecule has 1 aliphatic rings. The number of benzene rings is 3. The third-order valence-electron chi connectivity index (χ3n) is 5.44. The molecule has 3 aromatic rings. The summed E-state index contributed by atoms with van der Waals surface area (Å²) in [6.07, 6.45) is 0. The smallest absolute Gasteiger partial charge is 0.319 e. The van der Waals surface area contributed by atoms with Crippen molar-refractivity contribution >= 4 is 23.5 Å². The van der Waals surface area contributed by atoms with Crippen LogP contribution in [0.4, 0.5) is 10.5 Å². The van der Waals surface area contributed by atoms with Crippen molar-refractivity contribution in [2.45, 2.75) is 19.0 Å². The molecular weight excluding hydrogens is 404 g/mol. The molecule has 0 spiro atoms. The fourth-order valence-corrected chi connectivity index (χ4v) is 3.71. The number of imide groups is 1. The molecule has 2 N–H and O–H groups in total. The second kappa shape index (κ2) is 8.93. The summed E-state index contributed by atoms with van der Waals surface area (Å²) in [5.74, 6) is -0.927. The Balaban J connectivity index is 1.49. The van der Waals surface area contributed by atoms with E-state index in [-0.39, 0.29) is 6.54 Å². The molecule has 7 nitrogen and oxygen atoms in total. The van der Waals surface area contributed by atoms with Crippen LogP contribution < -0.4 is 15.8 Å². The molecule has 0 bridgehead atoms. The zero-order valence-corrected chi connectivity index (χ0v) is 17.7. The first-order valence-electron chi connectivity index (χ1n) is 10.3. The highest BCUT2D eigenvalue weighted by Gasteiger charge is 2.49. The molecule has 0 aromatic heterocycles. The molecule has 1 aliphatic heterocycles. The summed E-state index contributed by atoms with van der Waals surface area (Å²) in [6, 6.07) is 27.5. The number of anilines is 1. The molecule has 0 radical (unpaired) electrons. The summed E-state index contributed by atoms with van der Waals surface area (Å²) < 4.78 is 0. The molecule has 1 unspecified atom stereocenters. The van der Waals surface area contributed by atoms with E-state index in [0.29, 0.717) is 12.1 Å². The van der Waals surface area contributed by atoms with Crippen molar-refractivity contribution < 1.29 is 14.4 Å². The number of hydrazine groups is 1. The molecule has 1 saturated heterocycles. The van der Waals surface area contributed by atoms with Crippen molar-refractivity contribution in [1.82, 2.24) is 15.6 Å². The predicted molar refractivity (Wildman–Crippen MR) is 121 cm³/mol. The highest BCUT2D eigenvalue weighted by Crippen LogP contribution is 2.28. The molecule has 1 fully saturated rings. The van der Waals surface area contributed by atoms with Crippen LogP contribution in [0, 0.1) is 0 Å². The number of nitrogens with one attached hydrogen (secondary N) is 2. The Bertz CT molecular complexity index is 1110. The van der Waals surface area contributed by atoms with Gasteiger partial charge in [0.25, 0.3) is 11.8 Å². The van der Waals surface area contributed by atoms with Crippen molar-refractivity contribution in [2.75, 3.05) is 11.6 Å². The van der Waals surface area contributed by atoms with E-state index in [9.17, 15) is 14.4 Å². The van der Waals surface area contributed by atoms with Crippen LogP contribution in [0.25, 0.3) is 0 Å². The van der Waals surface area contributed by atoms with Crippen molar-refractivity contribution in [2.24, 2.45) is 0 Å². The number of hydrogen-bond acceptors (Lipinski definition) is 4. The number of para-hydroxylation sites is 1. The molecule has 7 heteroatoms. The lowest BCUT2D eigenvalue weighted by Crippen LogP contribution is -2.48. The zero-order chi connectivity index (χ0) is 22.6. The maximum Gasteiger partial charge on any atom is 0.325 e. The maximum absolute atomic E-state index is 13.1. The third-order valence-corrected chi connectivity index (χ3v) is 5.44. The van der Waals surface area contributed by atoms with Crippen LogP contribution in [0.1, 0.15) is 18.1 Å². The average molecular weight is 428 g/mol. The van der Waals surface area contributed by atoms with Gasteiger partial charge in [0.1, 0.15) is 12.1 Å². The summed E-state index contributed by atoms with van der Waals surface area (Å²) in [6.45, 7) is 1.69. The van der Waals surface area contributed by atoms with Gasteiger partial charge in [-0.2, -0.15) is 0 Å².